The lowest BCUT2D eigenvalue weighted by molar-refractivity contribution is -0.121. The summed E-state index contributed by atoms with van der Waals surface area (Å²) in [5, 5.41) is 1.71. The van der Waals surface area contributed by atoms with Gasteiger partial charge in [-0.05, 0) is 0 Å². The number of carbonyl (C=O) groups is 1. The average Bonchev–Trinajstić information content (AvgIpc) is 2.28. The van der Waals surface area contributed by atoms with E-state index in [1.54, 1.807) is 17.8 Å². The largest absolute Gasteiger partial charge is 0.368 e. The molecule has 1 rings (SSSR count). The molecule has 1 atom stereocenters. The summed E-state index contributed by atoms with van der Waals surface area (Å²) >= 11 is 1.78. The standard InChI is InChI=1S/C11H19NOS/c1-8-7-12(5)10(14-8)6-9(13)11(2,3)4/h6,8H,7H2,1-5H3. The van der Waals surface area contributed by atoms with Crippen molar-refractivity contribution in [3.05, 3.63) is 11.1 Å². The van der Waals surface area contributed by atoms with E-state index in [0.29, 0.717) is 5.25 Å². The number of carbonyl (C=O) groups excluding carboxylic acids is 1. The Hall–Kier alpha value is -0.440. The van der Waals surface area contributed by atoms with Gasteiger partial charge in [-0.3, -0.25) is 4.79 Å². The number of hydrogen-bond acceptors (Lipinski definition) is 3. The van der Waals surface area contributed by atoms with Gasteiger partial charge < -0.3 is 4.90 Å². The van der Waals surface area contributed by atoms with Crippen LogP contribution in [0.2, 0.25) is 0 Å². The Morgan fingerprint density at radius 3 is 2.50 bits per heavy atom. The summed E-state index contributed by atoms with van der Waals surface area (Å²) < 4.78 is 0. The molecule has 0 aliphatic carbocycles. The summed E-state index contributed by atoms with van der Waals surface area (Å²) in [5.41, 5.74) is -0.264. The highest BCUT2D eigenvalue weighted by atomic mass is 32.2. The molecule has 0 N–H and O–H groups in total. The number of hydrogen-bond donors (Lipinski definition) is 0. The van der Waals surface area contributed by atoms with Crippen LogP contribution < -0.4 is 0 Å². The van der Waals surface area contributed by atoms with E-state index < -0.39 is 0 Å². The Morgan fingerprint density at radius 2 is 2.14 bits per heavy atom. The highest BCUT2D eigenvalue weighted by molar-refractivity contribution is 8.03. The molecule has 1 aliphatic rings. The van der Waals surface area contributed by atoms with E-state index in [4.69, 9.17) is 0 Å². The molecule has 3 heteroatoms. The molecule has 0 aromatic rings. The van der Waals surface area contributed by atoms with Gasteiger partial charge in [-0.15, -0.1) is 11.8 Å². The molecule has 0 aromatic carbocycles. The lowest BCUT2D eigenvalue weighted by Crippen LogP contribution is -2.20. The first-order chi connectivity index (χ1) is 6.30. The molecule has 1 unspecified atom stereocenters. The van der Waals surface area contributed by atoms with Gasteiger partial charge in [-0.1, -0.05) is 27.7 Å². The van der Waals surface area contributed by atoms with Crippen molar-refractivity contribution in [3.8, 4) is 0 Å². The van der Waals surface area contributed by atoms with Gasteiger partial charge in [0.1, 0.15) is 0 Å². The normalized spacial score (nSPS) is 25.9. The molecule has 1 heterocycles. The molecule has 0 bridgehead atoms. The second-order valence-electron chi connectivity index (χ2n) is 4.91. The number of allylic oxidation sites excluding steroid dienone is 1. The van der Waals surface area contributed by atoms with Crippen molar-refractivity contribution in [2.75, 3.05) is 13.6 Å². The molecule has 0 aromatic heterocycles. The molecule has 80 valence electrons. The van der Waals surface area contributed by atoms with Crippen LogP contribution in [0.5, 0.6) is 0 Å². The van der Waals surface area contributed by atoms with Crippen LogP contribution in [-0.4, -0.2) is 29.5 Å². The number of thioether (sulfide) groups is 1. The molecule has 0 amide bonds. The van der Waals surface area contributed by atoms with Crippen molar-refractivity contribution >= 4 is 17.5 Å². The van der Waals surface area contributed by atoms with Crippen LogP contribution in [-0.2, 0) is 4.79 Å². The van der Waals surface area contributed by atoms with Gasteiger partial charge in [0.05, 0.1) is 5.03 Å². The Labute approximate surface area is 90.7 Å². The maximum absolute atomic E-state index is 11.8. The van der Waals surface area contributed by atoms with Crippen molar-refractivity contribution in [2.24, 2.45) is 5.41 Å². The fourth-order valence-electron chi connectivity index (χ4n) is 1.28. The summed E-state index contributed by atoms with van der Waals surface area (Å²) in [6.45, 7) is 9.08. The highest BCUT2D eigenvalue weighted by Gasteiger charge is 2.25. The van der Waals surface area contributed by atoms with Gasteiger partial charge in [0.25, 0.3) is 0 Å². The molecule has 2 nitrogen and oxygen atoms in total. The first-order valence-electron chi connectivity index (χ1n) is 4.94. The van der Waals surface area contributed by atoms with Crippen molar-refractivity contribution in [2.45, 2.75) is 32.9 Å². The van der Waals surface area contributed by atoms with Crippen LogP contribution in [0.4, 0.5) is 0 Å². The highest BCUT2D eigenvalue weighted by Crippen LogP contribution is 2.33. The lowest BCUT2D eigenvalue weighted by atomic mass is 9.91. The number of ketones is 1. The van der Waals surface area contributed by atoms with E-state index in [-0.39, 0.29) is 11.2 Å². The third kappa shape index (κ3) is 2.77. The average molecular weight is 213 g/mol. The van der Waals surface area contributed by atoms with Crippen LogP contribution >= 0.6 is 11.8 Å². The Balaban J connectivity index is 2.74. The minimum atomic E-state index is -0.264. The van der Waals surface area contributed by atoms with E-state index in [2.05, 4.69) is 11.8 Å². The van der Waals surface area contributed by atoms with Gasteiger partial charge in [0, 0.05) is 30.3 Å². The summed E-state index contributed by atoms with van der Waals surface area (Å²) in [7, 11) is 2.04. The topological polar surface area (TPSA) is 20.3 Å². The molecule has 0 spiro atoms. The Morgan fingerprint density at radius 1 is 1.57 bits per heavy atom. The summed E-state index contributed by atoms with van der Waals surface area (Å²) in [4.78, 5) is 13.9. The van der Waals surface area contributed by atoms with Crippen molar-refractivity contribution < 1.29 is 4.79 Å². The van der Waals surface area contributed by atoms with E-state index in [0.717, 1.165) is 11.6 Å². The van der Waals surface area contributed by atoms with Gasteiger partial charge in [0.2, 0.25) is 0 Å². The van der Waals surface area contributed by atoms with E-state index in [9.17, 15) is 4.79 Å². The number of nitrogens with zero attached hydrogens (tertiary/aromatic N) is 1. The van der Waals surface area contributed by atoms with Crippen molar-refractivity contribution in [1.82, 2.24) is 4.90 Å². The first kappa shape index (κ1) is 11.6. The fraction of sp³-hybridized carbons (Fsp3) is 0.727. The summed E-state index contributed by atoms with van der Waals surface area (Å²) in [5.74, 6) is 0.209. The zero-order valence-electron chi connectivity index (χ0n) is 9.63. The predicted octanol–water partition coefficient (Wildman–Crippen LogP) is 2.51. The smallest absolute Gasteiger partial charge is 0.163 e. The molecule has 1 fully saturated rings. The monoisotopic (exact) mass is 213 g/mol. The Bertz CT molecular complexity index is 265. The molecule has 1 saturated heterocycles. The van der Waals surface area contributed by atoms with Crippen molar-refractivity contribution in [3.63, 3.8) is 0 Å². The third-order valence-corrected chi connectivity index (χ3v) is 3.45. The molecule has 0 radical (unpaired) electrons. The second-order valence-corrected chi connectivity index (χ2v) is 6.36. The van der Waals surface area contributed by atoms with Crippen LogP contribution in [0.3, 0.4) is 0 Å². The zero-order valence-corrected chi connectivity index (χ0v) is 10.4. The van der Waals surface area contributed by atoms with Crippen LogP contribution in [0.1, 0.15) is 27.7 Å². The SMILES string of the molecule is CC1CN(C)C(=CC(=O)C(C)(C)C)S1. The Kier molecular flexibility index (Phi) is 3.30. The van der Waals surface area contributed by atoms with Gasteiger partial charge in [-0.25, -0.2) is 0 Å². The predicted molar refractivity (Wildman–Crippen MR) is 62.2 cm³/mol. The first-order valence-corrected chi connectivity index (χ1v) is 5.82. The molecule has 1 aliphatic heterocycles. The van der Waals surface area contributed by atoms with Gasteiger partial charge >= 0.3 is 0 Å². The van der Waals surface area contributed by atoms with Crippen LogP contribution in [0.25, 0.3) is 0 Å². The number of rotatable bonds is 1. The third-order valence-electron chi connectivity index (χ3n) is 2.22. The van der Waals surface area contributed by atoms with Gasteiger partial charge in [-0.2, -0.15) is 0 Å². The quantitative estimate of drug-likeness (QED) is 0.624. The van der Waals surface area contributed by atoms with E-state index >= 15 is 0 Å². The molecule has 0 saturated carbocycles. The maximum atomic E-state index is 11.8. The molecule has 14 heavy (non-hydrogen) atoms. The van der Waals surface area contributed by atoms with Crippen molar-refractivity contribution in [1.29, 1.82) is 0 Å². The molecular formula is C11H19NOS. The van der Waals surface area contributed by atoms with Gasteiger partial charge in [0.15, 0.2) is 5.78 Å². The summed E-state index contributed by atoms with van der Waals surface area (Å²) in [6.07, 6.45) is 1.79. The van der Waals surface area contributed by atoms with Crippen LogP contribution in [0.15, 0.2) is 11.1 Å². The molecular weight excluding hydrogens is 194 g/mol. The minimum Gasteiger partial charge on any atom is -0.368 e. The minimum absolute atomic E-state index is 0.209. The van der Waals surface area contributed by atoms with Crippen LogP contribution in [0, 0.1) is 5.41 Å². The van der Waals surface area contributed by atoms with E-state index in [1.165, 1.54) is 0 Å². The fourth-order valence-corrected chi connectivity index (χ4v) is 2.42. The zero-order chi connectivity index (χ0) is 10.9. The lowest BCUT2D eigenvalue weighted by Gasteiger charge is -2.16. The summed E-state index contributed by atoms with van der Waals surface area (Å²) in [6, 6.07) is 0. The van der Waals surface area contributed by atoms with E-state index in [1.807, 2.05) is 27.8 Å². The second kappa shape index (κ2) is 3.97. The maximum Gasteiger partial charge on any atom is 0.163 e.